The van der Waals surface area contributed by atoms with Gasteiger partial charge in [-0.15, -0.1) is 0 Å². The molecule has 9 nitrogen and oxygen atoms in total. The van der Waals surface area contributed by atoms with Gasteiger partial charge >= 0.3 is 11.8 Å². The Morgan fingerprint density at radius 1 is 1.03 bits per heavy atom. The van der Waals surface area contributed by atoms with Gasteiger partial charge in [0.15, 0.2) is 6.61 Å². The zero-order valence-corrected chi connectivity index (χ0v) is 17.7. The third-order valence-corrected chi connectivity index (χ3v) is 4.32. The van der Waals surface area contributed by atoms with Gasteiger partial charge in [-0.1, -0.05) is 24.3 Å². The first-order valence-electron chi connectivity index (χ1n) is 9.60. The Bertz CT molecular complexity index is 959. The van der Waals surface area contributed by atoms with E-state index in [0.29, 0.717) is 17.9 Å². The van der Waals surface area contributed by atoms with E-state index in [1.807, 2.05) is 32.0 Å². The lowest BCUT2D eigenvalue weighted by atomic mass is 10.1. The fourth-order valence-electron chi connectivity index (χ4n) is 2.49. The van der Waals surface area contributed by atoms with Gasteiger partial charge in [0.1, 0.15) is 5.75 Å². The highest BCUT2D eigenvalue weighted by molar-refractivity contribution is 6.35. The highest BCUT2D eigenvalue weighted by Gasteiger charge is 2.12. The van der Waals surface area contributed by atoms with Crippen LogP contribution in [-0.4, -0.2) is 50.8 Å². The predicted octanol–water partition coefficient (Wildman–Crippen LogP) is 1.53. The van der Waals surface area contributed by atoms with Crippen molar-refractivity contribution in [3.05, 3.63) is 59.2 Å². The molecule has 0 aliphatic rings. The number of methoxy groups -OCH3 is 1. The lowest BCUT2D eigenvalue weighted by molar-refractivity contribution is -0.139. The SMILES string of the molecule is COCCNC(=O)C(=O)N/N=C\c1ccccc1OCC(=O)Nc1cccc(C)c1C. The van der Waals surface area contributed by atoms with Gasteiger partial charge in [-0.25, -0.2) is 5.43 Å². The maximum atomic E-state index is 12.3. The first kappa shape index (κ1) is 23.6. The minimum Gasteiger partial charge on any atom is -0.483 e. The number of anilines is 1. The van der Waals surface area contributed by atoms with Crippen LogP contribution in [0.25, 0.3) is 0 Å². The summed E-state index contributed by atoms with van der Waals surface area (Å²) in [5, 5.41) is 8.98. The van der Waals surface area contributed by atoms with Gasteiger partial charge in [-0.2, -0.15) is 5.10 Å². The van der Waals surface area contributed by atoms with Gasteiger partial charge in [0.25, 0.3) is 5.91 Å². The van der Waals surface area contributed by atoms with Gasteiger partial charge in [0, 0.05) is 24.9 Å². The normalized spacial score (nSPS) is 10.5. The van der Waals surface area contributed by atoms with E-state index in [4.69, 9.17) is 9.47 Å². The molecule has 0 fully saturated rings. The molecule has 2 rings (SSSR count). The van der Waals surface area contributed by atoms with Crippen LogP contribution in [-0.2, 0) is 19.1 Å². The van der Waals surface area contributed by atoms with Crippen molar-refractivity contribution in [3.63, 3.8) is 0 Å². The molecule has 0 unspecified atom stereocenters. The number of benzene rings is 2. The second-order valence-electron chi connectivity index (χ2n) is 6.57. The summed E-state index contributed by atoms with van der Waals surface area (Å²) in [4.78, 5) is 35.5. The summed E-state index contributed by atoms with van der Waals surface area (Å²) in [6, 6.07) is 12.5. The first-order valence-corrected chi connectivity index (χ1v) is 9.60. The number of nitrogens with zero attached hydrogens (tertiary/aromatic N) is 1. The summed E-state index contributed by atoms with van der Waals surface area (Å²) >= 11 is 0. The van der Waals surface area contributed by atoms with Crippen LogP contribution in [0.5, 0.6) is 5.75 Å². The molecule has 3 N–H and O–H groups in total. The molecule has 3 amide bonds. The van der Waals surface area contributed by atoms with Gasteiger partial charge in [0.2, 0.25) is 0 Å². The fraction of sp³-hybridized carbons (Fsp3) is 0.273. The van der Waals surface area contributed by atoms with Gasteiger partial charge in [-0.3, -0.25) is 14.4 Å². The van der Waals surface area contributed by atoms with Crippen molar-refractivity contribution in [2.24, 2.45) is 5.10 Å². The Morgan fingerprint density at radius 3 is 2.58 bits per heavy atom. The average Bonchev–Trinajstić information content (AvgIpc) is 2.76. The monoisotopic (exact) mass is 426 g/mol. The molecule has 164 valence electrons. The number of aryl methyl sites for hydroxylation is 1. The minimum atomic E-state index is -0.904. The lowest BCUT2D eigenvalue weighted by Gasteiger charge is -2.12. The molecule has 0 saturated carbocycles. The van der Waals surface area contributed by atoms with Crippen LogP contribution >= 0.6 is 0 Å². The van der Waals surface area contributed by atoms with Crippen LogP contribution < -0.4 is 20.8 Å². The Morgan fingerprint density at radius 2 is 1.81 bits per heavy atom. The topological polar surface area (TPSA) is 118 Å². The van der Waals surface area contributed by atoms with Crippen LogP contribution in [0, 0.1) is 13.8 Å². The fourth-order valence-corrected chi connectivity index (χ4v) is 2.49. The van der Waals surface area contributed by atoms with Crippen LogP contribution in [0.3, 0.4) is 0 Å². The minimum absolute atomic E-state index is 0.202. The van der Waals surface area contributed by atoms with E-state index in [-0.39, 0.29) is 19.1 Å². The van der Waals surface area contributed by atoms with Crippen molar-refractivity contribution in [3.8, 4) is 5.75 Å². The van der Waals surface area contributed by atoms with E-state index in [0.717, 1.165) is 16.8 Å². The van der Waals surface area contributed by atoms with Crippen molar-refractivity contribution in [1.29, 1.82) is 0 Å². The molecule has 2 aromatic rings. The van der Waals surface area contributed by atoms with Gasteiger partial charge in [-0.05, 0) is 43.2 Å². The second-order valence-corrected chi connectivity index (χ2v) is 6.57. The number of ether oxygens (including phenoxy) is 2. The summed E-state index contributed by atoms with van der Waals surface area (Å²) in [5.41, 5.74) is 5.47. The summed E-state index contributed by atoms with van der Waals surface area (Å²) in [5.74, 6) is -1.62. The number of hydrogen-bond acceptors (Lipinski definition) is 6. The number of amides is 3. The van der Waals surface area contributed by atoms with Crippen molar-refractivity contribution in [1.82, 2.24) is 10.7 Å². The lowest BCUT2D eigenvalue weighted by Crippen LogP contribution is -2.39. The summed E-state index contributed by atoms with van der Waals surface area (Å²) in [6.07, 6.45) is 1.33. The number of para-hydroxylation sites is 1. The molecule has 0 saturated heterocycles. The van der Waals surface area contributed by atoms with Crippen molar-refractivity contribution in [2.45, 2.75) is 13.8 Å². The Kier molecular flexibility index (Phi) is 9.18. The number of carbonyl (C=O) groups is 3. The largest absolute Gasteiger partial charge is 0.483 e. The average molecular weight is 426 g/mol. The molecule has 2 aromatic carbocycles. The maximum absolute atomic E-state index is 12.3. The highest BCUT2D eigenvalue weighted by atomic mass is 16.5. The Hall–Kier alpha value is -3.72. The van der Waals surface area contributed by atoms with Crippen molar-refractivity contribution in [2.75, 3.05) is 32.2 Å². The van der Waals surface area contributed by atoms with Crippen LogP contribution in [0.15, 0.2) is 47.6 Å². The van der Waals surface area contributed by atoms with Gasteiger partial charge < -0.3 is 20.1 Å². The quantitative estimate of drug-likeness (QED) is 0.243. The van der Waals surface area contributed by atoms with E-state index in [1.54, 1.807) is 24.3 Å². The van der Waals surface area contributed by atoms with Crippen LogP contribution in [0.2, 0.25) is 0 Å². The number of hydrogen-bond donors (Lipinski definition) is 3. The van der Waals surface area contributed by atoms with Crippen molar-refractivity contribution >= 4 is 29.6 Å². The molecule has 9 heteroatoms. The number of nitrogens with one attached hydrogen (secondary N) is 3. The third-order valence-electron chi connectivity index (χ3n) is 4.32. The zero-order chi connectivity index (χ0) is 22.6. The zero-order valence-electron chi connectivity index (χ0n) is 17.7. The molecule has 0 heterocycles. The first-order chi connectivity index (χ1) is 14.9. The van der Waals surface area contributed by atoms with E-state index < -0.39 is 11.8 Å². The summed E-state index contributed by atoms with van der Waals surface area (Å²) < 4.78 is 10.4. The van der Waals surface area contributed by atoms with Crippen LogP contribution in [0.1, 0.15) is 16.7 Å². The smallest absolute Gasteiger partial charge is 0.329 e. The third kappa shape index (κ3) is 7.56. The van der Waals surface area contributed by atoms with E-state index >= 15 is 0 Å². The molecule has 0 spiro atoms. The van der Waals surface area contributed by atoms with Crippen LogP contribution in [0.4, 0.5) is 5.69 Å². The van der Waals surface area contributed by atoms with Gasteiger partial charge in [0.05, 0.1) is 12.8 Å². The highest BCUT2D eigenvalue weighted by Crippen LogP contribution is 2.19. The molecule has 0 aliphatic heterocycles. The molecule has 31 heavy (non-hydrogen) atoms. The summed E-state index contributed by atoms with van der Waals surface area (Å²) in [7, 11) is 1.49. The standard InChI is InChI=1S/C22H26N4O5/c1-15-7-6-9-18(16(15)2)25-20(27)14-31-19-10-5-4-8-17(19)13-24-26-22(29)21(28)23-11-12-30-3/h4-10,13H,11-12,14H2,1-3H3,(H,23,28)(H,25,27)(H,26,29)/b24-13-. The number of hydrazone groups is 1. The Labute approximate surface area is 180 Å². The number of rotatable bonds is 9. The van der Waals surface area contributed by atoms with E-state index in [9.17, 15) is 14.4 Å². The molecule has 0 aliphatic carbocycles. The van der Waals surface area contributed by atoms with Crippen molar-refractivity contribution < 1.29 is 23.9 Å². The molecule has 0 bridgehead atoms. The second kappa shape index (κ2) is 12.1. The molecule has 0 aromatic heterocycles. The Balaban J connectivity index is 1.90. The molecule has 0 atom stereocenters. The maximum Gasteiger partial charge on any atom is 0.329 e. The van der Waals surface area contributed by atoms with E-state index in [2.05, 4.69) is 21.2 Å². The molecular formula is C22H26N4O5. The predicted molar refractivity (Wildman–Crippen MR) is 117 cm³/mol. The summed E-state index contributed by atoms with van der Waals surface area (Å²) in [6.45, 7) is 4.21. The van der Waals surface area contributed by atoms with E-state index in [1.165, 1.54) is 13.3 Å². The number of carbonyl (C=O) groups excluding carboxylic acids is 3. The molecule has 0 radical (unpaired) electrons. The molecular weight excluding hydrogens is 400 g/mol.